The zero-order valence-electron chi connectivity index (χ0n) is 16.1. The molecule has 0 aliphatic heterocycles. The van der Waals surface area contributed by atoms with Gasteiger partial charge in [0.2, 0.25) is 0 Å². The van der Waals surface area contributed by atoms with Crippen molar-refractivity contribution in [3.05, 3.63) is 71.8 Å². The Kier molecular flexibility index (Phi) is 9.22. The Balaban J connectivity index is 0.00000243. The molecule has 0 aromatic heterocycles. The van der Waals surface area contributed by atoms with Crippen LogP contribution in [0, 0.1) is 5.92 Å². The van der Waals surface area contributed by atoms with E-state index in [9.17, 15) is 0 Å². The third kappa shape index (κ3) is 6.45. The minimum Gasteiger partial charge on any atom is -0.314 e. The van der Waals surface area contributed by atoms with Crippen molar-refractivity contribution in [2.24, 2.45) is 5.92 Å². The zero-order valence-corrected chi connectivity index (χ0v) is 16.9. The van der Waals surface area contributed by atoms with Gasteiger partial charge < -0.3 is 5.32 Å². The molecule has 0 saturated heterocycles. The van der Waals surface area contributed by atoms with Gasteiger partial charge in [-0.15, -0.1) is 12.4 Å². The van der Waals surface area contributed by atoms with E-state index in [0.29, 0.717) is 12.0 Å². The van der Waals surface area contributed by atoms with Crippen molar-refractivity contribution in [2.75, 3.05) is 6.54 Å². The van der Waals surface area contributed by atoms with Crippen molar-refractivity contribution >= 4 is 12.4 Å². The van der Waals surface area contributed by atoms with Crippen LogP contribution in [0.1, 0.15) is 68.9 Å². The number of halogens is 1. The van der Waals surface area contributed by atoms with Crippen molar-refractivity contribution in [3.63, 3.8) is 0 Å². The minimum absolute atomic E-state index is 0. The number of nitrogens with one attached hydrogen (secondary N) is 1. The molecule has 1 fully saturated rings. The van der Waals surface area contributed by atoms with Crippen LogP contribution in [-0.2, 0) is 0 Å². The van der Waals surface area contributed by atoms with E-state index in [2.05, 4.69) is 72.9 Å². The lowest BCUT2D eigenvalue weighted by Crippen LogP contribution is -2.30. The van der Waals surface area contributed by atoms with E-state index < -0.39 is 0 Å². The molecule has 0 bridgehead atoms. The highest BCUT2D eigenvalue weighted by molar-refractivity contribution is 5.85. The summed E-state index contributed by atoms with van der Waals surface area (Å²) in [7, 11) is 0. The van der Waals surface area contributed by atoms with Gasteiger partial charge in [-0.2, -0.15) is 0 Å². The Hall–Kier alpha value is -1.31. The van der Waals surface area contributed by atoms with Crippen molar-refractivity contribution in [3.8, 4) is 0 Å². The molecule has 1 N–H and O–H groups in total. The van der Waals surface area contributed by atoms with E-state index in [0.717, 1.165) is 18.9 Å². The Morgan fingerprint density at radius 3 is 1.92 bits per heavy atom. The molecule has 1 atom stereocenters. The minimum atomic E-state index is 0. The number of rotatable bonds is 8. The summed E-state index contributed by atoms with van der Waals surface area (Å²) in [6.07, 6.45) is 9.74. The Morgan fingerprint density at radius 2 is 1.38 bits per heavy atom. The molecular formula is C24H34ClN. The van der Waals surface area contributed by atoms with Crippen molar-refractivity contribution in [2.45, 2.75) is 63.8 Å². The fourth-order valence-electron chi connectivity index (χ4n) is 4.38. The molecule has 2 heteroatoms. The molecule has 1 aliphatic rings. The highest BCUT2D eigenvalue weighted by atomic mass is 35.5. The summed E-state index contributed by atoms with van der Waals surface area (Å²) in [5.41, 5.74) is 2.85. The SMILES string of the molecule is C[C@@H](CC1CCCCC1)NCCC(c1ccccc1)c1ccccc1.Cl. The Labute approximate surface area is 166 Å². The molecular weight excluding hydrogens is 338 g/mol. The predicted molar refractivity (Wildman–Crippen MR) is 115 cm³/mol. The van der Waals surface area contributed by atoms with Gasteiger partial charge >= 0.3 is 0 Å². The van der Waals surface area contributed by atoms with E-state index in [1.807, 2.05) is 0 Å². The van der Waals surface area contributed by atoms with Gasteiger partial charge in [0.25, 0.3) is 0 Å². The highest BCUT2D eigenvalue weighted by Crippen LogP contribution is 2.29. The molecule has 0 radical (unpaired) electrons. The van der Waals surface area contributed by atoms with E-state index >= 15 is 0 Å². The van der Waals surface area contributed by atoms with Crippen LogP contribution in [0.15, 0.2) is 60.7 Å². The van der Waals surface area contributed by atoms with Crippen LogP contribution in [0.2, 0.25) is 0 Å². The smallest absolute Gasteiger partial charge is 0.0101 e. The fourth-order valence-corrected chi connectivity index (χ4v) is 4.38. The normalized spacial score (nSPS) is 16.2. The maximum absolute atomic E-state index is 3.80. The van der Waals surface area contributed by atoms with Crippen LogP contribution >= 0.6 is 12.4 Å². The summed E-state index contributed by atoms with van der Waals surface area (Å²) in [6, 6.07) is 22.5. The fraction of sp³-hybridized carbons (Fsp3) is 0.500. The van der Waals surface area contributed by atoms with Crippen LogP contribution in [0.25, 0.3) is 0 Å². The maximum atomic E-state index is 3.80. The van der Waals surface area contributed by atoms with E-state index in [-0.39, 0.29) is 12.4 Å². The first-order valence-electron chi connectivity index (χ1n) is 10.2. The lowest BCUT2D eigenvalue weighted by atomic mass is 9.85. The van der Waals surface area contributed by atoms with Gasteiger partial charge in [-0.1, -0.05) is 92.8 Å². The van der Waals surface area contributed by atoms with E-state index in [1.54, 1.807) is 0 Å². The Morgan fingerprint density at radius 1 is 0.846 bits per heavy atom. The standard InChI is InChI=1S/C24H33N.ClH/c1-20(19-21-11-5-2-6-12-21)25-18-17-24(22-13-7-3-8-14-22)23-15-9-4-10-16-23;/h3-4,7-10,13-16,20-21,24-25H,2,5-6,11-12,17-19H2,1H3;1H/t20-;/m0./s1. The first kappa shape index (κ1) is 21.0. The predicted octanol–water partition coefficient (Wildman–Crippen LogP) is 6.58. The summed E-state index contributed by atoms with van der Waals surface area (Å²) in [5, 5.41) is 3.80. The van der Waals surface area contributed by atoms with Gasteiger partial charge in [0, 0.05) is 12.0 Å². The van der Waals surface area contributed by atoms with Crippen molar-refractivity contribution in [1.29, 1.82) is 0 Å². The molecule has 1 aliphatic carbocycles. The summed E-state index contributed by atoms with van der Waals surface area (Å²) in [6.45, 7) is 3.46. The van der Waals surface area contributed by atoms with Gasteiger partial charge in [-0.3, -0.25) is 0 Å². The highest BCUT2D eigenvalue weighted by Gasteiger charge is 2.17. The molecule has 1 saturated carbocycles. The second-order valence-electron chi connectivity index (χ2n) is 7.76. The molecule has 2 aromatic carbocycles. The quantitative estimate of drug-likeness (QED) is 0.552. The lowest BCUT2D eigenvalue weighted by molar-refractivity contribution is 0.304. The molecule has 1 nitrogen and oxygen atoms in total. The maximum Gasteiger partial charge on any atom is 0.0101 e. The molecule has 3 rings (SSSR count). The number of hydrogen-bond acceptors (Lipinski definition) is 1. The first-order valence-corrected chi connectivity index (χ1v) is 10.2. The van der Waals surface area contributed by atoms with Crippen LogP contribution in [-0.4, -0.2) is 12.6 Å². The van der Waals surface area contributed by atoms with Crippen molar-refractivity contribution < 1.29 is 0 Å². The zero-order chi connectivity index (χ0) is 17.3. The molecule has 0 unspecified atom stereocenters. The first-order chi connectivity index (χ1) is 12.3. The van der Waals surface area contributed by atoms with Crippen LogP contribution in [0.5, 0.6) is 0 Å². The topological polar surface area (TPSA) is 12.0 Å². The summed E-state index contributed by atoms with van der Waals surface area (Å²) in [4.78, 5) is 0. The molecule has 0 heterocycles. The lowest BCUT2D eigenvalue weighted by Gasteiger charge is -2.26. The molecule has 2 aromatic rings. The van der Waals surface area contributed by atoms with Gasteiger partial charge in [0.15, 0.2) is 0 Å². The summed E-state index contributed by atoms with van der Waals surface area (Å²) in [5.74, 6) is 1.44. The van der Waals surface area contributed by atoms with Gasteiger partial charge in [-0.05, 0) is 43.4 Å². The average Bonchev–Trinajstić information content (AvgIpc) is 2.67. The monoisotopic (exact) mass is 371 g/mol. The molecule has 26 heavy (non-hydrogen) atoms. The third-order valence-corrected chi connectivity index (χ3v) is 5.74. The summed E-state index contributed by atoms with van der Waals surface area (Å²) >= 11 is 0. The van der Waals surface area contributed by atoms with Crippen LogP contribution in [0.3, 0.4) is 0 Å². The molecule has 0 amide bonds. The van der Waals surface area contributed by atoms with Gasteiger partial charge in [0.1, 0.15) is 0 Å². The second-order valence-corrected chi connectivity index (χ2v) is 7.76. The molecule has 0 spiro atoms. The van der Waals surface area contributed by atoms with Gasteiger partial charge in [0.05, 0.1) is 0 Å². The largest absolute Gasteiger partial charge is 0.314 e. The molecule has 142 valence electrons. The van der Waals surface area contributed by atoms with E-state index in [4.69, 9.17) is 0 Å². The second kappa shape index (κ2) is 11.4. The van der Waals surface area contributed by atoms with Crippen LogP contribution < -0.4 is 5.32 Å². The third-order valence-electron chi connectivity index (χ3n) is 5.74. The van der Waals surface area contributed by atoms with Crippen molar-refractivity contribution in [1.82, 2.24) is 5.32 Å². The Bertz CT molecular complexity index is 553. The number of hydrogen-bond donors (Lipinski definition) is 1. The van der Waals surface area contributed by atoms with Gasteiger partial charge in [-0.25, -0.2) is 0 Å². The summed E-state index contributed by atoms with van der Waals surface area (Å²) < 4.78 is 0. The van der Waals surface area contributed by atoms with Crippen LogP contribution in [0.4, 0.5) is 0 Å². The average molecular weight is 372 g/mol. The number of benzene rings is 2. The van der Waals surface area contributed by atoms with E-state index in [1.165, 1.54) is 49.7 Å².